The molecule has 0 aromatic heterocycles. The number of ether oxygens (including phenoxy) is 5. The van der Waals surface area contributed by atoms with E-state index in [2.05, 4.69) is 16.4 Å². The Kier molecular flexibility index (Phi) is 16.0. The molecule has 0 saturated heterocycles. The van der Waals surface area contributed by atoms with Gasteiger partial charge in [-0.3, -0.25) is 0 Å². The van der Waals surface area contributed by atoms with E-state index in [-0.39, 0.29) is 23.5 Å². The number of hydrogen-bond donors (Lipinski definition) is 1. The van der Waals surface area contributed by atoms with Gasteiger partial charge in [0.2, 0.25) is 11.6 Å². The quantitative estimate of drug-likeness (QED) is 0.0540. The molecular formula is C50H44F10O6. The van der Waals surface area contributed by atoms with Crippen LogP contribution in [0.3, 0.4) is 0 Å². The Bertz CT molecular complexity index is 2570. The van der Waals surface area contributed by atoms with Crippen LogP contribution in [0.4, 0.5) is 43.9 Å². The van der Waals surface area contributed by atoms with Gasteiger partial charge in [-0.15, -0.1) is 0 Å². The summed E-state index contributed by atoms with van der Waals surface area (Å²) in [6.07, 6.45) is -3.40. The first-order valence-electron chi connectivity index (χ1n) is 20.9. The molecule has 66 heavy (non-hydrogen) atoms. The van der Waals surface area contributed by atoms with Crippen LogP contribution in [0.2, 0.25) is 0 Å². The minimum absolute atomic E-state index is 0.0105. The molecule has 350 valence electrons. The third-order valence-corrected chi connectivity index (χ3v) is 10.5. The van der Waals surface area contributed by atoms with Crippen molar-refractivity contribution in [2.24, 2.45) is 5.92 Å². The van der Waals surface area contributed by atoms with Crippen molar-refractivity contribution >= 4 is 0 Å². The van der Waals surface area contributed by atoms with Gasteiger partial charge < -0.3 is 28.8 Å². The maximum absolute atomic E-state index is 15.1. The molecule has 0 heterocycles. The van der Waals surface area contributed by atoms with Crippen LogP contribution in [0.25, 0.3) is 22.3 Å². The van der Waals surface area contributed by atoms with Gasteiger partial charge in [-0.25, -0.2) is 17.6 Å². The zero-order valence-corrected chi connectivity index (χ0v) is 35.6. The Labute approximate surface area is 374 Å². The maximum Gasteiger partial charge on any atom is 0.429 e. The molecule has 0 aliphatic carbocycles. The molecule has 6 rings (SSSR count). The minimum Gasteiger partial charge on any atom is -0.505 e. The fourth-order valence-electron chi connectivity index (χ4n) is 6.95. The van der Waals surface area contributed by atoms with Crippen LogP contribution < -0.4 is 23.7 Å². The van der Waals surface area contributed by atoms with Crippen LogP contribution in [-0.4, -0.2) is 24.9 Å². The largest absolute Gasteiger partial charge is 0.505 e. The number of aromatic hydroxyl groups is 1. The summed E-state index contributed by atoms with van der Waals surface area (Å²) in [5, 5.41) is 9.21. The average Bonchev–Trinajstić information content (AvgIpc) is 3.27. The van der Waals surface area contributed by atoms with Crippen molar-refractivity contribution in [1.82, 2.24) is 0 Å². The number of rotatable bonds is 22. The maximum atomic E-state index is 15.1. The molecule has 16 heteroatoms. The van der Waals surface area contributed by atoms with Crippen LogP contribution >= 0.6 is 0 Å². The smallest absolute Gasteiger partial charge is 0.429 e. The number of halogens is 10. The summed E-state index contributed by atoms with van der Waals surface area (Å²) >= 11 is 0. The highest BCUT2D eigenvalue weighted by Crippen LogP contribution is 2.39. The third-order valence-electron chi connectivity index (χ3n) is 10.5. The number of phenolic OH excluding ortho intramolecular Hbond substituents is 1. The highest BCUT2D eigenvalue weighted by molar-refractivity contribution is 5.67. The Balaban J connectivity index is 0.865. The lowest BCUT2D eigenvalue weighted by Gasteiger charge is -2.20. The Morgan fingerprint density at radius 2 is 0.909 bits per heavy atom. The van der Waals surface area contributed by atoms with Crippen LogP contribution in [0, 0.1) is 40.8 Å². The second-order valence-corrected chi connectivity index (χ2v) is 15.3. The molecule has 0 bridgehead atoms. The van der Waals surface area contributed by atoms with Gasteiger partial charge in [0.1, 0.15) is 45.8 Å². The molecule has 0 spiro atoms. The van der Waals surface area contributed by atoms with E-state index in [0.717, 1.165) is 68.9 Å². The van der Waals surface area contributed by atoms with Crippen molar-refractivity contribution in [2.45, 2.75) is 64.6 Å². The molecule has 1 atom stereocenters. The summed E-state index contributed by atoms with van der Waals surface area (Å²) in [4.78, 5) is 0. The van der Waals surface area contributed by atoms with Gasteiger partial charge in [0.25, 0.3) is 0 Å². The molecular weight excluding hydrogens is 887 g/mol. The normalized spacial score (nSPS) is 12.2. The Morgan fingerprint density at radius 1 is 0.485 bits per heavy atom. The average molecular weight is 931 g/mol. The topological polar surface area (TPSA) is 66.4 Å². The first-order valence-corrected chi connectivity index (χ1v) is 20.9. The molecule has 0 amide bonds. The van der Waals surface area contributed by atoms with Crippen LogP contribution in [0.1, 0.15) is 63.5 Å². The van der Waals surface area contributed by atoms with Crippen LogP contribution in [-0.2, 0) is 12.2 Å². The van der Waals surface area contributed by atoms with Gasteiger partial charge in [0.05, 0.1) is 19.8 Å². The van der Waals surface area contributed by atoms with Crippen LogP contribution in [0.15, 0.2) is 109 Å². The molecule has 0 aliphatic heterocycles. The second-order valence-electron chi connectivity index (χ2n) is 15.3. The summed E-state index contributed by atoms with van der Waals surface area (Å²) in [5.74, 6) is -9.67. The van der Waals surface area contributed by atoms with Gasteiger partial charge in [-0.05, 0) is 122 Å². The molecule has 0 radical (unpaired) electrons. The number of hydrogen-bond acceptors (Lipinski definition) is 6. The summed E-state index contributed by atoms with van der Waals surface area (Å²) in [7, 11) is 0. The number of benzene rings is 6. The van der Waals surface area contributed by atoms with Gasteiger partial charge in [-0.2, -0.15) is 26.3 Å². The molecule has 6 aromatic carbocycles. The highest BCUT2D eigenvalue weighted by atomic mass is 19.3. The SMILES string of the molecule is CCOc1ccc(C(F)(F)Oc2ccc(-c3ccc(OCCCCC(C)CCCCOc4ccc(-c5ccc(OC(F)(F)c6ccc(O)c(F)c6F)cc5)c(F)c4)cc3F)cc2)c(F)c1F. The van der Waals surface area contributed by atoms with Crippen molar-refractivity contribution in [3.8, 4) is 56.8 Å². The van der Waals surface area contributed by atoms with E-state index in [0.29, 0.717) is 60.0 Å². The zero-order valence-electron chi connectivity index (χ0n) is 35.6. The molecule has 1 N–H and O–H groups in total. The van der Waals surface area contributed by atoms with Crippen molar-refractivity contribution in [1.29, 1.82) is 0 Å². The number of unbranched alkanes of at least 4 members (excludes halogenated alkanes) is 2. The fourth-order valence-corrected chi connectivity index (χ4v) is 6.95. The summed E-state index contributed by atoms with van der Waals surface area (Å²) in [5.41, 5.74) is -1.66. The van der Waals surface area contributed by atoms with Gasteiger partial charge in [0, 0.05) is 23.3 Å². The van der Waals surface area contributed by atoms with E-state index >= 15 is 8.78 Å². The molecule has 0 fully saturated rings. The number of alkyl halides is 4. The van der Waals surface area contributed by atoms with E-state index in [1.807, 2.05) is 0 Å². The number of phenols is 1. The van der Waals surface area contributed by atoms with E-state index in [9.17, 15) is 40.2 Å². The lowest BCUT2D eigenvalue weighted by molar-refractivity contribution is -0.188. The van der Waals surface area contributed by atoms with Crippen molar-refractivity contribution in [3.63, 3.8) is 0 Å². The summed E-state index contributed by atoms with van der Waals surface area (Å²) in [6, 6.07) is 21.2. The van der Waals surface area contributed by atoms with Gasteiger partial charge in [-0.1, -0.05) is 44.0 Å². The van der Waals surface area contributed by atoms with E-state index in [1.165, 1.54) is 55.5 Å². The zero-order chi connectivity index (χ0) is 47.6. The first-order chi connectivity index (χ1) is 31.5. The molecule has 0 saturated carbocycles. The summed E-state index contributed by atoms with van der Waals surface area (Å²) in [6.45, 7) is 4.40. The minimum atomic E-state index is -4.27. The molecule has 6 nitrogen and oxygen atoms in total. The van der Waals surface area contributed by atoms with E-state index < -0.39 is 75.5 Å². The first kappa shape index (κ1) is 48.9. The second kappa shape index (κ2) is 21.6. The monoisotopic (exact) mass is 930 g/mol. The fraction of sp³-hybridized carbons (Fsp3) is 0.280. The lowest BCUT2D eigenvalue weighted by Crippen LogP contribution is -2.24. The van der Waals surface area contributed by atoms with Crippen molar-refractivity contribution < 1.29 is 72.7 Å². The molecule has 6 aromatic rings. The van der Waals surface area contributed by atoms with Gasteiger partial charge in [0.15, 0.2) is 23.1 Å². The van der Waals surface area contributed by atoms with Crippen molar-refractivity contribution in [2.75, 3.05) is 19.8 Å². The highest BCUT2D eigenvalue weighted by Gasteiger charge is 2.40. The predicted octanol–water partition coefficient (Wildman–Crippen LogP) is 14.7. The summed E-state index contributed by atoms with van der Waals surface area (Å²) < 4.78 is 171. The van der Waals surface area contributed by atoms with E-state index in [1.54, 1.807) is 12.1 Å². The third kappa shape index (κ3) is 12.2. The standard InChI is InChI=1S/C50H44F10O6/c1-3-62-44-25-23-40(46(54)48(44)56)50(59,60)66-34-16-12-32(13-17-34)38-21-19-36(29-42(38)52)64-27-7-5-9-30(2)8-4-6-26-63-35-18-20-37(41(51)28-35)31-10-14-33(15-11-31)65-49(57,58)39-22-24-43(61)47(55)45(39)53/h10-25,28-30,61H,3-9,26-27H2,1-2H3. The lowest BCUT2D eigenvalue weighted by atomic mass is 9.98. The van der Waals surface area contributed by atoms with E-state index in [4.69, 9.17) is 14.2 Å². The predicted molar refractivity (Wildman–Crippen MR) is 226 cm³/mol. The van der Waals surface area contributed by atoms with Crippen molar-refractivity contribution in [3.05, 3.63) is 155 Å². The Hall–Kier alpha value is -6.58. The Morgan fingerprint density at radius 3 is 1.35 bits per heavy atom. The van der Waals surface area contributed by atoms with Gasteiger partial charge >= 0.3 is 12.2 Å². The molecule has 1 unspecified atom stereocenters. The molecule has 0 aliphatic rings. The van der Waals surface area contributed by atoms with Crippen LogP contribution in [0.5, 0.6) is 34.5 Å².